The topological polar surface area (TPSA) is 80.2 Å². The van der Waals surface area contributed by atoms with Crippen LogP contribution in [0.4, 0.5) is 11.4 Å². The molecule has 0 spiro atoms. The summed E-state index contributed by atoms with van der Waals surface area (Å²) in [6.45, 7) is 3.85. The van der Waals surface area contributed by atoms with E-state index in [0.29, 0.717) is 22.4 Å². The molecule has 0 bridgehead atoms. The van der Waals surface area contributed by atoms with E-state index in [-0.39, 0.29) is 18.4 Å². The number of anilines is 2. The minimum absolute atomic E-state index is 0.0836. The molecule has 29 heavy (non-hydrogen) atoms. The smallest absolute Gasteiger partial charge is 0.254 e. The fraction of sp³-hybridized carbons (Fsp3) is 0.286. The molecule has 2 amide bonds. The number of methoxy groups -OCH3 is 2. The quantitative estimate of drug-likeness (QED) is 0.784. The van der Waals surface area contributed by atoms with Crippen LogP contribution in [0.3, 0.4) is 0 Å². The summed E-state index contributed by atoms with van der Waals surface area (Å²) in [6.07, 6.45) is 0. The van der Waals surface area contributed by atoms with Gasteiger partial charge in [-0.2, -0.15) is 0 Å². The second-order valence-corrected chi connectivity index (χ2v) is 7.79. The molecule has 3 rings (SSSR count). The van der Waals surface area contributed by atoms with Crippen LogP contribution in [0.2, 0.25) is 0 Å². The van der Waals surface area contributed by atoms with Crippen molar-refractivity contribution in [2.24, 2.45) is 4.99 Å². The highest BCUT2D eigenvalue weighted by molar-refractivity contribution is 8.15. The summed E-state index contributed by atoms with van der Waals surface area (Å²) in [4.78, 5) is 30.9. The summed E-state index contributed by atoms with van der Waals surface area (Å²) in [5.41, 5.74) is 2.45. The standard InChI is InChI=1S/C21H23N3O4S/c1-13-5-8-16(9-6-13)24-19(25)12-22-21(24)29-14(2)20(26)23-15-7-10-17(27-3)18(11-15)28-4/h5-11,14H,12H2,1-4H3,(H,23,26)/t14-/m1/s1. The number of rotatable bonds is 6. The number of amidine groups is 1. The average molecular weight is 413 g/mol. The van der Waals surface area contributed by atoms with Gasteiger partial charge in [-0.3, -0.25) is 19.5 Å². The number of hydrogen-bond donors (Lipinski definition) is 1. The van der Waals surface area contributed by atoms with Crippen LogP contribution in [0.15, 0.2) is 47.5 Å². The Labute approximate surface area is 174 Å². The lowest BCUT2D eigenvalue weighted by atomic mass is 10.2. The molecule has 1 N–H and O–H groups in total. The number of carbonyl (C=O) groups excluding carboxylic acids is 2. The van der Waals surface area contributed by atoms with Crippen molar-refractivity contribution in [1.82, 2.24) is 0 Å². The maximum absolute atomic E-state index is 12.7. The number of nitrogens with zero attached hydrogens (tertiary/aromatic N) is 2. The molecule has 0 saturated heterocycles. The van der Waals surface area contributed by atoms with Gasteiger partial charge in [-0.05, 0) is 38.1 Å². The number of aryl methyl sites for hydroxylation is 1. The summed E-state index contributed by atoms with van der Waals surface area (Å²) in [5.74, 6) is 0.805. The van der Waals surface area contributed by atoms with Crippen molar-refractivity contribution >= 4 is 40.1 Å². The zero-order valence-electron chi connectivity index (χ0n) is 16.8. The van der Waals surface area contributed by atoms with Crippen molar-refractivity contribution in [2.75, 3.05) is 31.0 Å². The van der Waals surface area contributed by atoms with E-state index in [1.54, 1.807) is 37.1 Å². The van der Waals surface area contributed by atoms with Crippen molar-refractivity contribution < 1.29 is 19.1 Å². The molecule has 152 valence electrons. The zero-order valence-corrected chi connectivity index (χ0v) is 17.6. The molecular formula is C21H23N3O4S. The van der Waals surface area contributed by atoms with E-state index in [0.717, 1.165) is 11.3 Å². The molecule has 7 nitrogen and oxygen atoms in total. The Morgan fingerprint density at radius 3 is 2.48 bits per heavy atom. The third-order valence-electron chi connectivity index (χ3n) is 4.38. The van der Waals surface area contributed by atoms with Gasteiger partial charge < -0.3 is 14.8 Å². The van der Waals surface area contributed by atoms with Gasteiger partial charge in [0.1, 0.15) is 6.54 Å². The van der Waals surface area contributed by atoms with Gasteiger partial charge >= 0.3 is 0 Å². The van der Waals surface area contributed by atoms with E-state index < -0.39 is 5.25 Å². The predicted molar refractivity (Wildman–Crippen MR) is 116 cm³/mol. The molecule has 0 radical (unpaired) electrons. The lowest BCUT2D eigenvalue weighted by Crippen LogP contribution is -2.33. The van der Waals surface area contributed by atoms with Crippen molar-refractivity contribution in [3.63, 3.8) is 0 Å². The molecule has 0 aromatic heterocycles. The maximum Gasteiger partial charge on any atom is 0.254 e. The molecule has 1 heterocycles. The summed E-state index contributed by atoms with van der Waals surface area (Å²) >= 11 is 1.25. The fourth-order valence-electron chi connectivity index (χ4n) is 2.79. The first-order valence-electron chi connectivity index (χ1n) is 9.06. The molecule has 1 atom stereocenters. The highest BCUT2D eigenvalue weighted by Gasteiger charge is 2.30. The highest BCUT2D eigenvalue weighted by atomic mass is 32.2. The molecule has 1 aliphatic rings. The molecular weight excluding hydrogens is 390 g/mol. The van der Waals surface area contributed by atoms with Crippen LogP contribution in [0, 0.1) is 6.92 Å². The van der Waals surface area contributed by atoms with Crippen molar-refractivity contribution in [3.05, 3.63) is 48.0 Å². The van der Waals surface area contributed by atoms with Crippen LogP contribution in [0.25, 0.3) is 0 Å². The van der Waals surface area contributed by atoms with Gasteiger partial charge in [-0.1, -0.05) is 29.5 Å². The number of aliphatic imine (C=N–C) groups is 1. The maximum atomic E-state index is 12.7. The third kappa shape index (κ3) is 4.71. The normalized spacial score (nSPS) is 14.4. The minimum Gasteiger partial charge on any atom is -0.493 e. The Kier molecular flexibility index (Phi) is 6.43. The first kappa shape index (κ1) is 20.7. The van der Waals surface area contributed by atoms with Crippen LogP contribution in [-0.2, 0) is 9.59 Å². The Morgan fingerprint density at radius 1 is 1.14 bits per heavy atom. The molecule has 1 aliphatic heterocycles. The van der Waals surface area contributed by atoms with Crippen molar-refractivity contribution in [2.45, 2.75) is 19.1 Å². The van der Waals surface area contributed by atoms with Gasteiger partial charge in [-0.25, -0.2) is 0 Å². The lowest BCUT2D eigenvalue weighted by molar-refractivity contribution is -0.116. The summed E-state index contributed by atoms with van der Waals surface area (Å²) < 4.78 is 10.5. The minimum atomic E-state index is -0.458. The van der Waals surface area contributed by atoms with Crippen LogP contribution in [0.1, 0.15) is 12.5 Å². The van der Waals surface area contributed by atoms with Gasteiger partial charge in [0.05, 0.1) is 25.2 Å². The molecule has 0 fully saturated rings. The number of hydrogen-bond acceptors (Lipinski definition) is 6. The Morgan fingerprint density at radius 2 is 1.83 bits per heavy atom. The van der Waals surface area contributed by atoms with E-state index in [4.69, 9.17) is 9.47 Å². The van der Waals surface area contributed by atoms with Gasteiger partial charge in [0.25, 0.3) is 5.91 Å². The summed E-state index contributed by atoms with van der Waals surface area (Å²) in [5, 5.41) is 2.93. The fourth-order valence-corrected chi connectivity index (χ4v) is 3.73. The highest BCUT2D eigenvalue weighted by Crippen LogP contribution is 2.31. The summed E-state index contributed by atoms with van der Waals surface area (Å²) in [7, 11) is 3.09. The molecule has 0 unspecified atom stereocenters. The van der Waals surface area contributed by atoms with Gasteiger partial charge in [0.2, 0.25) is 5.91 Å². The van der Waals surface area contributed by atoms with E-state index in [9.17, 15) is 9.59 Å². The number of benzene rings is 2. The van der Waals surface area contributed by atoms with Crippen molar-refractivity contribution in [3.8, 4) is 11.5 Å². The predicted octanol–water partition coefficient (Wildman–Crippen LogP) is 3.48. The number of thioether (sulfide) groups is 1. The zero-order chi connectivity index (χ0) is 21.0. The lowest BCUT2D eigenvalue weighted by Gasteiger charge is -2.20. The van der Waals surface area contributed by atoms with Gasteiger partial charge in [0, 0.05) is 11.8 Å². The van der Waals surface area contributed by atoms with E-state index >= 15 is 0 Å². The molecule has 0 aliphatic carbocycles. The Bertz CT molecular complexity index is 943. The molecule has 2 aromatic carbocycles. The first-order valence-corrected chi connectivity index (χ1v) is 9.94. The average Bonchev–Trinajstić information content (AvgIpc) is 3.08. The number of ether oxygens (including phenoxy) is 2. The third-order valence-corrected chi connectivity index (χ3v) is 5.48. The largest absolute Gasteiger partial charge is 0.493 e. The van der Waals surface area contributed by atoms with Crippen LogP contribution >= 0.6 is 11.8 Å². The second-order valence-electron chi connectivity index (χ2n) is 6.48. The number of nitrogens with one attached hydrogen (secondary N) is 1. The molecule has 8 heteroatoms. The van der Waals surface area contributed by atoms with Crippen molar-refractivity contribution in [1.29, 1.82) is 0 Å². The van der Waals surface area contributed by atoms with Crippen LogP contribution in [0.5, 0.6) is 11.5 Å². The second kappa shape index (κ2) is 9.00. The Hall–Kier alpha value is -3.00. The number of carbonyl (C=O) groups is 2. The van der Waals surface area contributed by atoms with E-state index in [2.05, 4.69) is 10.3 Å². The molecule has 2 aromatic rings. The summed E-state index contributed by atoms with van der Waals surface area (Å²) in [6, 6.07) is 12.8. The monoisotopic (exact) mass is 413 g/mol. The van der Waals surface area contributed by atoms with Gasteiger partial charge in [0.15, 0.2) is 16.7 Å². The first-order chi connectivity index (χ1) is 13.9. The van der Waals surface area contributed by atoms with Crippen LogP contribution < -0.4 is 19.7 Å². The SMILES string of the molecule is COc1ccc(NC(=O)[C@@H](C)SC2=NCC(=O)N2c2ccc(C)cc2)cc1OC. The van der Waals surface area contributed by atoms with E-state index in [1.165, 1.54) is 18.9 Å². The molecule has 0 saturated carbocycles. The van der Waals surface area contributed by atoms with E-state index in [1.807, 2.05) is 31.2 Å². The Balaban J connectivity index is 1.69. The number of amides is 2. The van der Waals surface area contributed by atoms with Crippen LogP contribution in [-0.4, -0.2) is 43.0 Å². The van der Waals surface area contributed by atoms with Gasteiger partial charge in [-0.15, -0.1) is 0 Å².